The molecule has 0 aromatic carbocycles. The van der Waals surface area contributed by atoms with Crippen molar-refractivity contribution >= 4 is 17.5 Å². The molecule has 1 heterocycles. The van der Waals surface area contributed by atoms with Gasteiger partial charge >= 0.3 is 11.8 Å². The van der Waals surface area contributed by atoms with Crippen LogP contribution in [0.4, 0.5) is 5.88 Å². The Kier molecular flexibility index (Phi) is 3.76. The highest BCUT2D eigenvalue weighted by Gasteiger charge is 2.16. The zero-order valence-electron chi connectivity index (χ0n) is 8.89. The lowest BCUT2D eigenvalue weighted by Gasteiger charge is -1.96. The molecule has 1 rings (SSSR count). The van der Waals surface area contributed by atoms with Crippen LogP contribution in [-0.4, -0.2) is 16.5 Å². The van der Waals surface area contributed by atoms with E-state index in [9.17, 15) is 14.9 Å². The van der Waals surface area contributed by atoms with Gasteiger partial charge in [0.2, 0.25) is 5.76 Å². The molecule has 7 nitrogen and oxygen atoms in total. The van der Waals surface area contributed by atoms with Crippen LogP contribution in [0.15, 0.2) is 21.7 Å². The zero-order valence-corrected chi connectivity index (χ0v) is 8.89. The summed E-state index contributed by atoms with van der Waals surface area (Å²) in [5.74, 6) is -1.22. The summed E-state index contributed by atoms with van der Waals surface area (Å²) in [6.07, 6.45) is 0.707. The van der Waals surface area contributed by atoms with Crippen LogP contribution in [0.1, 0.15) is 30.8 Å². The predicted octanol–water partition coefficient (Wildman–Crippen LogP) is 1.70. The summed E-state index contributed by atoms with van der Waals surface area (Å²) in [6.45, 7) is 3.65. The standard InChI is InChI=1S/C9H11N3O4/c1-3-6(2)10-11-9(13)7-4-5-8(16-7)12(14)15/h4-5H,3H2,1-2H3,(H,11,13)/b10-6-. The van der Waals surface area contributed by atoms with Crippen LogP contribution in [-0.2, 0) is 0 Å². The Hall–Kier alpha value is -2.18. The number of nitrogens with one attached hydrogen (secondary N) is 1. The van der Waals surface area contributed by atoms with Crippen molar-refractivity contribution in [3.8, 4) is 0 Å². The first-order valence-corrected chi connectivity index (χ1v) is 4.62. The number of furan rings is 1. The van der Waals surface area contributed by atoms with E-state index < -0.39 is 16.7 Å². The van der Waals surface area contributed by atoms with Gasteiger partial charge in [-0.3, -0.25) is 14.9 Å². The quantitative estimate of drug-likeness (QED) is 0.479. The molecule has 0 saturated heterocycles. The molecule has 0 bridgehead atoms. The van der Waals surface area contributed by atoms with Crippen LogP contribution in [0.5, 0.6) is 0 Å². The van der Waals surface area contributed by atoms with Gasteiger partial charge in [-0.1, -0.05) is 6.92 Å². The van der Waals surface area contributed by atoms with E-state index in [0.717, 1.165) is 11.8 Å². The summed E-state index contributed by atoms with van der Waals surface area (Å²) in [6, 6.07) is 2.34. The highest BCUT2D eigenvalue weighted by atomic mass is 16.6. The van der Waals surface area contributed by atoms with Gasteiger partial charge in [-0.15, -0.1) is 0 Å². The molecule has 1 amide bonds. The van der Waals surface area contributed by atoms with Gasteiger partial charge in [0.25, 0.3) is 0 Å². The Bertz CT molecular complexity index is 436. The number of nitrogens with zero attached hydrogens (tertiary/aromatic N) is 2. The van der Waals surface area contributed by atoms with Gasteiger partial charge in [-0.05, 0) is 19.4 Å². The van der Waals surface area contributed by atoms with Crippen molar-refractivity contribution in [3.05, 3.63) is 28.0 Å². The summed E-state index contributed by atoms with van der Waals surface area (Å²) in [4.78, 5) is 21.0. The number of hydrogen-bond donors (Lipinski definition) is 1. The van der Waals surface area contributed by atoms with E-state index in [4.69, 9.17) is 4.42 Å². The molecule has 7 heteroatoms. The first-order chi connectivity index (χ1) is 7.54. The van der Waals surface area contributed by atoms with Crippen molar-refractivity contribution < 1.29 is 14.1 Å². The van der Waals surface area contributed by atoms with E-state index in [0.29, 0.717) is 6.42 Å². The first kappa shape index (κ1) is 11.9. The van der Waals surface area contributed by atoms with Gasteiger partial charge in [0, 0.05) is 5.71 Å². The normalized spacial score (nSPS) is 11.2. The highest BCUT2D eigenvalue weighted by molar-refractivity contribution is 5.93. The third-order valence-corrected chi connectivity index (χ3v) is 1.86. The maximum absolute atomic E-state index is 11.4. The maximum atomic E-state index is 11.4. The Morgan fingerprint density at radius 2 is 2.31 bits per heavy atom. The second-order valence-electron chi connectivity index (χ2n) is 3.04. The zero-order chi connectivity index (χ0) is 12.1. The average molecular weight is 225 g/mol. The summed E-state index contributed by atoms with van der Waals surface area (Å²) in [7, 11) is 0. The molecule has 1 N–H and O–H groups in total. The molecule has 0 aliphatic carbocycles. The van der Waals surface area contributed by atoms with Crippen LogP contribution in [0.25, 0.3) is 0 Å². The lowest BCUT2D eigenvalue weighted by atomic mass is 10.3. The second kappa shape index (κ2) is 5.06. The van der Waals surface area contributed by atoms with Crippen molar-refractivity contribution in [2.24, 2.45) is 5.10 Å². The lowest BCUT2D eigenvalue weighted by Crippen LogP contribution is -2.18. The first-order valence-electron chi connectivity index (χ1n) is 4.62. The Morgan fingerprint density at radius 3 is 2.81 bits per heavy atom. The van der Waals surface area contributed by atoms with Gasteiger partial charge in [-0.2, -0.15) is 5.10 Å². The largest absolute Gasteiger partial charge is 0.433 e. The van der Waals surface area contributed by atoms with Crippen molar-refractivity contribution in [3.63, 3.8) is 0 Å². The molecule has 0 spiro atoms. The average Bonchev–Trinajstić information content (AvgIpc) is 2.74. The van der Waals surface area contributed by atoms with Crippen LogP contribution in [0.3, 0.4) is 0 Å². The van der Waals surface area contributed by atoms with Gasteiger partial charge in [-0.25, -0.2) is 5.43 Å². The van der Waals surface area contributed by atoms with E-state index in [-0.39, 0.29) is 5.76 Å². The predicted molar refractivity (Wildman–Crippen MR) is 56.2 cm³/mol. The van der Waals surface area contributed by atoms with E-state index in [1.54, 1.807) is 6.92 Å². The molecular weight excluding hydrogens is 214 g/mol. The Balaban J connectivity index is 2.70. The molecule has 86 valence electrons. The molecule has 0 unspecified atom stereocenters. The fraction of sp³-hybridized carbons (Fsp3) is 0.333. The van der Waals surface area contributed by atoms with Crippen LogP contribution in [0.2, 0.25) is 0 Å². The minimum atomic E-state index is -0.711. The molecule has 0 saturated carbocycles. The molecule has 1 aromatic rings. The van der Waals surface area contributed by atoms with Crippen molar-refractivity contribution in [2.75, 3.05) is 0 Å². The SMILES string of the molecule is CC/C(C)=N\NC(=O)c1ccc([N+](=O)[O-])o1. The van der Waals surface area contributed by atoms with Crippen LogP contribution < -0.4 is 5.43 Å². The topological polar surface area (TPSA) is 97.7 Å². The minimum absolute atomic E-state index is 0.139. The number of hydrogen-bond acceptors (Lipinski definition) is 5. The summed E-state index contributed by atoms with van der Waals surface area (Å²) < 4.78 is 4.69. The molecule has 0 aliphatic heterocycles. The monoisotopic (exact) mass is 225 g/mol. The number of nitro groups is 1. The number of hydrazone groups is 1. The summed E-state index contributed by atoms with van der Waals surface area (Å²) in [5, 5.41) is 14.1. The number of rotatable bonds is 4. The molecule has 0 radical (unpaired) electrons. The molecular formula is C9H11N3O4. The fourth-order valence-electron chi connectivity index (χ4n) is 0.828. The van der Waals surface area contributed by atoms with Crippen LogP contribution >= 0.6 is 0 Å². The van der Waals surface area contributed by atoms with Gasteiger partial charge in [0.1, 0.15) is 4.92 Å². The van der Waals surface area contributed by atoms with E-state index in [2.05, 4.69) is 10.5 Å². The molecule has 0 fully saturated rings. The smallest absolute Gasteiger partial charge is 0.395 e. The van der Waals surface area contributed by atoms with Crippen molar-refractivity contribution in [2.45, 2.75) is 20.3 Å². The van der Waals surface area contributed by atoms with Gasteiger partial charge in [0.05, 0.1) is 6.07 Å². The van der Waals surface area contributed by atoms with Crippen molar-refractivity contribution in [1.82, 2.24) is 5.43 Å². The summed E-state index contributed by atoms with van der Waals surface area (Å²) in [5.41, 5.74) is 2.98. The van der Waals surface area contributed by atoms with Crippen LogP contribution in [0, 0.1) is 10.1 Å². The Labute approximate surface area is 91.3 Å². The number of carbonyl (C=O) groups excluding carboxylic acids is 1. The second-order valence-corrected chi connectivity index (χ2v) is 3.04. The van der Waals surface area contributed by atoms with E-state index in [1.165, 1.54) is 6.07 Å². The maximum Gasteiger partial charge on any atom is 0.433 e. The molecule has 1 aromatic heterocycles. The van der Waals surface area contributed by atoms with E-state index >= 15 is 0 Å². The summed E-state index contributed by atoms with van der Waals surface area (Å²) >= 11 is 0. The lowest BCUT2D eigenvalue weighted by molar-refractivity contribution is -0.402. The number of carbonyl (C=O) groups is 1. The van der Waals surface area contributed by atoms with Crippen molar-refractivity contribution in [1.29, 1.82) is 0 Å². The molecule has 0 aliphatic rings. The number of amides is 1. The highest BCUT2D eigenvalue weighted by Crippen LogP contribution is 2.15. The third-order valence-electron chi connectivity index (χ3n) is 1.86. The third kappa shape index (κ3) is 2.91. The molecule has 16 heavy (non-hydrogen) atoms. The van der Waals surface area contributed by atoms with Gasteiger partial charge in [0.15, 0.2) is 0 Å². The van der Waals surface area contributed by atoms with Gasteiger partial charge < -0.3 is 4.42 Å². The minimum Gasteiger partial charge on any atom is -0.395 e. The molecule has 0 atom stereocenters. The Morgan fingerprint density at radius 1 is 1.62 bits per heavy atom. The van der Waals surface area contributed by atoms with E-state index in [1.807, 2.05) is 6.92 Å². The fourth-order valence-corrected chi connectivity index (χ4v) is 0.828.